The van der Waals surface area contributed by atoms with Gasteiger partial charge in [-0.2, -0.15) is 0 Å². The summed E-state index contributed by atoms with van der Waals surface area (Å²) in [5.41, 5.74) is 0.915. The first-order chi connectivity index (χ1) is 7.75. The average molecular weight is 237 g/mol. The second-order valence-electron chi connectivity index (χ2n) is 7.97. The fraction of sp³-hybridized carbons (Fsp3) is 1.00. The van der Waals surface area contributed by atoms with E-state index in [1.54, 1.807) is 0 Å². The second-order valence-corrected chi connectivity index (χ2v) is 7.97. The maximum Gasteiger partial charge on any atom is 0.0130 e. The Labute approximate surface area is 108 Å². The highest BCUT2D eigenvalue weighted by Crippen LogP contribution is 2.48. The van der Waals surface area contributed by atoms with E-state index in [9.17, 15) is 0 Å². The minimum Gasteiger partial charge on any atom is -0.293 e. The predicted molar refractivity (Wildman–Crippen MR) is 75.2 cm³/mol. The van der Waals surface area contributed by atoms with Crippen LogP contribution < -0.4 is 0 Å². The van der Waals surface area contributed by atoms with Gasteiger partial charge in [-0.25, -0.2) is 0 Å². The number of rotatable bonds is 2. The zero-order valence-electron chi connectivity index (χ0n) is 12.7. The average Bonchev–Trinajstić information content (AvgIpc) is 2.50. The van der Waals surface area contributed by atoms with Gasteiger partial charge in [-0.05, 0) is 57.8 Å². The van der Waals surface area contributed by atoms with Crippen LogP contribution in [0.15, 0.2) is 0 Å². The summed E-state index contributed by atoms with van der Waals surface area (Å²) in [6, 6.07) is 1.73. The van der Waals surface area contributed by atoms with Crippen LogP contribution in [-0.2, 0) is 0 Å². The molecule has 2 fully saturated rings. The normalized spacial score (nSPS) is 35.3. The van der Waals surface area contributed by atoms with E-state index >= 15 is 0 Å². The van der Waals surface area contributed by atoms with Crippen molar-refractivity contribution in [2.75, 3.05) is 0 Å². The molecule has 2 heterocycles. The summed E-state index contributed by atoms with van der Waals surface area (Å²) in [5.74, 6) is 0.948. The van der Waals surface area contributed by atoms with E-state index in [1.165, 1.54) is 32.1 Å². The van der Waals surface area contributed by atoms with Crippen LogP contribution in [0.25, 0.3) is 0 Å². The molecule has 2 rings (SSSR count). The van der Waals surface area contributed by atoms with Gasteiger partial charge in [-0.1, -0.05) is 27.2 Å². The Hall–Kier alpha value is -0.0400. The third-order valence-corrected chi connectivity index (χ3v) is 5.52. The lowest BCUT2D eigenvalue weighted by molar-refractivity contribution is -0.00904. The van der Waals surface area contributed by atoms with Gasteiger partial charge in [0.2, 0.25) is 0 Å². The molecule has 0 saturated carbocycles. The fourth-order valence-electron chi connectivity index (χ4n) is 4.20. The third-order valence-electron chi connectivity index (χ3n) is 5.52. The fourth-order valence-corrected chi connectivity index (χ4v) is 4.20. The van der Waals surface area contributed by atoms with Crippen molar-refractivity contribution in [2.24, 2.45) is 11.3 Å². The van der Waals surface area contributed by atoms with Crippen LogP contribution in [0.1, 0.15) is 73.6 Å². The van der Waals surface area contributed by atoms with E-state index < -0.39 is 0 Å². The van der Waals surface area contributed by atoms with Gasteiger partial charge in [0.1, 0.15) is 0 Å². The van der Waals surface area contributed by atoms with Gasteiger partial charge in [-0.15, -0.1) is 0 Å². The summed E-state index contributed by atoms with van der Waals surface area (Å²) >= 11 is 0. The lowest BCUT2D eigenvalue weighted by Crippen LogP contribution is -2.54. The summed E-state index contributed by atoms with van der Waals surface area (Å²) in [6.45, 7) is 14.5. The van der Waals surface area contributed by atoms with Crippen LogP contribution in [0.5, 0.6) is 0 Å². The Morgan fingerprint density at radius 3 is 1.76 bits per heavy atom. The van der Waals surface area contributed by atoms with Crippen molar-refractivity contribution >= 4 is 0 Å². The first-order valence-electron chi connectivity index (χ1n) is 7.54. The Kier molecular flexibility index (Phi) is 3.36. The molecule has 0 radical (unpaired) electrons. The minimum atomic E-state index is 0.368. The molecule has 2 unspecified atom stereocenters. The lowest BCUT2D eigenvalue weighted by atomic mass is 9.69. The van der Waals surface area contributed by atoms with Crippen molar-refractivity contribution in [3.8, 4) is 0 Å². The van der Waals surface area contributed by atoms with Crippen molar-refractivity contribution < 1.29 is 0 Å². The summed E-state index contributed by atoms with van der Waals surface area (Å²) in [6.07, 6.45) is 7.09. The number of nitrogens with zero attached hydrogens (tertiary/aromatic N) is 1. The zero-order chi connectivity index (χ0) is 12.8. The van der Waals surface area contributed by atoms with Gasteiger partial charge in [0.05, 0.1) is 0 Å². The van der Waals surface area contributed by atoms with E-state index in [1.807, 2.05) is 0 Å². The molecule has 0 aromatic carbocycles. The minimum absolute atomic E-state index is 0.368. The largest absolute Gasteiger partial charge is 0.293 e. The molecule has 0 aliphatic carbocycles. The lowest BCUT2D eigenvalue weighted by Gasteiger charge is -2.50. The first kappa shape index (κ1) is 13.4. The molecule has 2 bridgehead atoms. The molecular weight excluding hydrogens is 206 g/mol. The Balaban J connectivity index is 2.12. The van der Waals surface area contributed by atoms with Gasteiger partial charge in [0.15, 0.2) is 0 Å². The van der Waals surface area contributed by atoms with E-state index in [0.717, 1.165) is 18.0 Å². The quantitative estimate of drug-likeness (QED) is 0.685. The van der Waals surface area contributed by atoms with Gasteiger partial charge in [0, 0.05) is 17.6 Å². The van der Waals surface area contributed by atoms with Gasteiger partial charge >= 0.3 is 0 Å². The van der Waals surface area contributed by atoms with Crippen molar-refractivity contribution in [1.82, 2.24) is 4.90 Å². The number of piperidine rings is 1. The molecule has 0 spiro atoms. The SMILES string of the molecule is CCC(C)(C)C1CC2CCC(C1)N2C(C)(C)C. The molecule has 1 heteroatoms. The molecule has 2 aliphatic rings. The van der Waals surface area contributed by atoms with Crippen LogP contribution >= 0.6 is 0 Å². The third kappa shape index (κ3) is 2.41. The molecule has 1 nitrogen and oxygen atoms in total. The number of fused-ring (bicyclic) bond motifs is 2. The van der Waals surface area contributed by atoms with Gasteiger partial charge < -0.3 is 0 Å². The van der Waals surface area contributed by atoms with Gasteiger partial charge in [0.25, 0.3) is 0 Å². The van der Waals surface area contributed by atoms with Crippen molar-refractivity contribution in [1.29, 1.82) is 0 Å². The van der Waals surface area contributed by atoms with E-state index in [-0.39, 0.29) is 0 Å². The van der Waals surface area contributed by atoms with E-state index in [0.29, 0.717) is 11.0 Å². The molecule has 2 atom stereocenters. The summed E-state index contributed by atoms with van der Waals surface area (Å²) in [4.78, 5) is 2.83. The van der Waals surface area contributed by atoms with E-state index in [4.69, 9.17) is 0 Å². The van der Waals surface area contributed by atoms with Crippen LogP contribution in [0.2, 0.25) is 0 Å². The Morgan fingerprint density at radius 1 is 0.941 bits per heavy atom. The molecule has 0 N–H and O–H groups in total. The molecule has 100 valence electrons. The van der Waals surface area contributed by atoms with Crippen LogP contribution in [0.3, 0.4) is 0 Å². The van der Waals surface area contributed by atoms with Crippen molar-refractivity contribution in [2.45, 2.75) is 91.3 Å². The number of hydrogen-bond donors (Lipinski definition) is 0. The van der Waals surface area contributed by atoms with Crippen LogP contribution in [0, 0.1) is 11.3 Å². The maximum atomic E-state index is 2.83. The Morgan fingerprint density at radius 2 is 1.41 bits per heavy atom. The number of hydrogen-bond acceptors (Lipinski definition) is 1. The molecule has 2 aliphatic heterocycles. The molecule has 0 amide bonds. The second kappa shape index (κ2) is 4.26. The highest BCUT2D eigenvalue weighted by atomic mass is 15.3. The molecule has 0 aromatic rings. The Bertz CT molecular complexity index is 260. The maximum absolute atomic E-state index is 2.83. The molecule has 17 heavy (non-hydrogen) atoms. The first-order valence-corrected chi connectivity index (χ1v) is 7.54. The van der Waals surface area contributed by atoms with E-state index in [2.05, 4.69) is 46.4 Å². The summed E-state index contributed by atoms with van der Waals surface area (Å²) in [5, 5.41) is 0. The predicted octanol–water partition coefficient (Wildman–Crippen LogP) is 4.46. The van der Waals surface area contributed by atoms with Crippen LogP contribution in [0.4, 0.5) is 0 Å². The van der Waals surface area contributed by atoms with Crippen molar-refractivity contribution in [3.05, 3.63) is 0 Å². The van der Waals surface area contributed by atoms with Gasteiger partial charge in [-0.3, -0.25) is 4.90 Å². The summed E-state index contributed by atoms with van der Waals surface area (Å²) in [7, 11) is 0. The summed E-state index contributed by atoms with van der Waals surface area (Å²) < 4.78 is 0. The topological polar surface area (TPSA) is 3.24 Å². The zero-order valence-corrected chi connectivity index (χ0v) is 12.7. The van der Waals surface area contributed by atoms with Crippen LogP contribution in [-0.4, -0.2) is 22.5 Å². The highest BCUT2D eigenvalue weighted by Gasteiger charge is 2.47. The standard InChI is InChI=1S/C16H31N/c1-7-16(5,6)12-10-13-8-9-14(11-12)17(13)15(2,3)4/h12-14H,7-11H2,1-6H3. The molecule has 2 saturated heterocycles. The monoisotopic (exact) mass is 237 g/mol. The highest BCUT2D eigenvalue weighted by molar-refractivity contribution is 5.02. The molecule has 0 aromatic heterocycles. The van der Waals surface area contributed by atoms with Crippen molar-refractivity contribution in [3.63, 3.8) is 0 Å². The molecular formula is C16H31N. The smallest absolute Gasteiger partial charge is 0.0130 e.